The molecule has 0 aliphatic heterocycles. The van der Waals surface area contributed by atoms with Crippen LogP contribution in [0.5, 0.6) is 11.5 Å². The molecule has 0 fully saturated rings. The molecule has 0 unspecified atom stereocenters. The van der Waals surface area contributed by atoms with Gasteiger partial charge in [-0.3, -0.25) is 9.48 Å². The summed E-state index contributed by atoms with van der Waals surface area (Å²) in [5.41, 5.74) is 2.33. The highest BCUT2D eigenvalue weighted by atomic mass is 16.5. The number of carbonyl (C=O) groups excluding carboxylic acids is 1. The Labute approximate surface area is 123 Å². The zero-order chi connectivity index (χ0) is 15.4. The molecule has 0 N–H and O–H groups in total. The fourth-order valence-corrected chi connectivity index (χ4v) is 1.92. The molecular weight excluding hydrogens is 268 g/mol. The summed E-state index contributed by atoms with van der Waals surface area (Å²) in [7, 11) is 4.96. The van der Waals surface area contributed by atoms with Crippen LogP contribution in [0, 0.1) is 6.92 Å². The Balaban J connectivity index is 2.20. The monoisotopic (exact) mass is 286 g/mol. The van der Waals surface area contributed by atoms with Crippen molar-refractivity contribution in [1.82, 2.24) is 9.78 Å². The maximum Gasteiger partial charge on any atom is 0.186 e. The maximum atomic E-state index is 12.2. The fraction of sp³-hybridized carbons (Fsp3) is 0.250. The van der Waals surface area contributed by atoms with Gasteiger partial charge in [0.1, 0.15) is 0 Å². The maximum absolute atomic E-state index is 12.2. The van der Waals surface area contributed by atoms with Crippen LogP contribution in [-0.4, -0.2) is 29.8 Å². The number of ether oxygens (including phenoxy) is 2. The van der Waals surface area contributed by atoms with Crippen molar-refractivity contribution in [3.05, 3.63) is 47.3 Å². The predicted molar refractivity (Wildman–Crippen MR) is 80.9 cm³/mol. The van der Waals surface area contributed by atoms with E-state index >= 15 is 0 Å². The van der Waals surface area contributed by atoms with E-state index in [1.54, 1.807) is 43.2 Å². The van der Waals surface area contributed by atoms with E-state index in [0.717, 1.165) is 11.4 Å². The van der Waals surface area contributed by atoms with Crippen LogP contribution in [0.3, 0.4) is 0 Å². The lowest BCUT2D eigenvalue weighted by Gasteiger charge is -2.07. The Kier molecular flexibility index (Phi) is 4.42. The second kappa shape index (κ2) is 6.26. The third-order valence-corrected chi connectivity index (χ3v) is 3.21. The largest absolute Gasteiger partial charge is 0.493 e. The molecule has 1 aromatic carbocycles. The van der Waals surface area contributed by atoms with Crippen LogP contribution >= 0.6 is 0 Å². The molecule has 1 heterocycles. The molecule has 0 amide bonds. The van der Waals surface area contributed by atoms with Gasteiger partial charge in [-0.05, 0) is 43.3 Å². The minimum absolute atomic E-state index is 0.112. The molecule has 0 saturated heterocycles. The van der Waals surface area contributed by atoms with Gasteiger partial charge in [0.25, 0.3) is 0 Å². The molecule has 0 aliphatic rings. The Morgan fingerprint density at radius 2 is 1.90 bits per heavy atom. The number of rotatable bonds is 5. The molecule has 0 saturated carbocycles. The van der Waals surface area contributed by atoms with Gasteiger partial charge in [-0.15, -0.1) is 0 Å². The van der Waals surface area contributed by atoms with Crippen LogP contribution in [-0.2, 0) is 7.05 Å². The van der Waals surface area contributed by atoms with E-state index in [1.807, 2.05) is 20.0 Å². The van der Waals surface area contributed by atoms with Crippen LogP contribution in [0.4, 0.5) is 0 Å². The lowest BCUT2D eigenvalue weighted by atomic mass is 10.1. The van der Waals surface area contributed by atoms with Gasteiger partial charge >= 0.3 is 0 Å². The molecule has 0 aliphatic carbocycles. The Hall–Kier alpha value is -2.56. The van der Waals surface area contributed by atoms with Crippen molar-refractivity contribution in [3.8, 4) is 11.5 Å². The topological polar surface area (TPSA) is 53.4 Å². The van der Waals surface area contributed by atoms with Gasteiger partial charge in [0.05, 0.1) is 19.9 Å². The zero-order valence-corrected chi connectivity index (χ0v) is 12.6. The second-order valence-electron chi connectivity index (χ2n) is 4.60. The number of benzene rings is 1. The Bertz CT molecular complexity index is 667. The van der Waals surface area contributed by atoms with Crippen molar-refractivity contribution in [2.24, 2.45) is 7.05 Å². The first-order valence-corrected chi connectivity index (χ1v) is 6.50. The molecule has 5 heteroatoms. The molecule has 21 heavy (non-hydrogen) atoms. The van der Waals surface area contributed by atoms with Crippen LogP contribution in [0.25, 0.3) is 6.08 Å². The van der Waals surface area contributed by atoms with E-state index in [9.17, 15) is 4.79 Å². The van der Waals surface area contributed by atoms with Gasteiger partial charge in [0, 0.05) is 18.3 Å². The first-order chi connectivity index (χ1) is 10.0. The summed E-state index contributed by atoms with van der Waals surface area (Å²) in [5.74, 6) is 1.02. The van der Waals surface area contributed by atoms with Crippen molar-refractivity contribution >= 4 is 11.9 Å². The van der Waals surface area contributed by atoms with Gasteiger partial charge in [-0.25, -0.2) is 0 Å². The zero-order valence-electron chi connectivity index (χ0n) is 12.6. The molecule has 5 nitrogen and oxygen atoms in total. The average Bonchev–Trinajstić information content (AvgIpc) is 2.82. The van der Waals surface area contributed by atoms with E-state index in [4.69, 9.17) is 9.47 Å². The first-order valence-electron chi connectivity index (χ1n) is 6.50. The summed E-state index contributed by atoms with van der Waals surface area (Å²) in [4.78, 5) is 12.2. The molecule has 1 aromatic heterocycles. The number of nitrogens with zero attached hydrogens (tertiary/aromatic N) is 2. The number of hydrogen-bond donors (Lipinski definition) is 0. The third kappa shape index (κ3) is 3.31. The first kappa shape index (κ1) is 14.8. The number of aromatic nitrogens is 2. The lowest BCUT2D eigenvalue weighted by Crippen LogP contribution is -1.97. The van der Waals surface area contributed by atoms with Crippen LogP contribution < -0.4 is 9.47 Å². The quantitative estimate of drug-likeness (QED) is 0.626. The number of methoxy groups -OCH3 is 2. The van der Waals surface area contributed by atoms with E-state index in [-0.39, 0.29) is 5.78 Å². The van der Waals surface area contributed by atoms with Crippen molar-refractivity contribution in [2.45, 2.75) is 6.92 Å². The number of aryl methyl sites for hydroxylation is 2. The summed E-state index contributed by atoms with van der Waals surface area (Å²) >= 11 is 0. The number of ketones is 1. The van der Waals surface area contributed by atoms with Gasteiger partial charge in [0.2, 0.25) is 0 Å². The highest BCUT2D eigenvalue weighted by Gasteiger charge is 2.08. The summed E-state index contributed by atoms with van der Waals surface area (Å²) in [5, 5.41) is 4.27. The molecule has 0 spiro atoms. The second-order valence-corrected chi connectivity index (χ2v) is 4.60. The van der Waals surface area contributed by atoms with E-state index in [0.29, 0.717) is 17.1 Å². The molecule has 0 radical (unpaired) electrons. The predicted octanol–water partition coefficient (Wildman–Crippen LogP) is 2.64. The summed E-state index contributed by atoms with van der Waals surface area (Å²) in [6.07, 6.45) is 3.20. The molecule has 2 aromatic rings. The molecule has 0 bridgehead atoms. The third-order valence-electron chi connectivity index (χ3n) is 3.21. The van der Waals surface area contributed by atoms with Gasteiger partial charge in [-0.2, -0.15) is 5.10 Å². The van der Waals surface area contributed by atoms with E-state index < -0.39 is 0 Å². The minimum atomic E-state index is -0.112. The number of allylic oxidation sites excluding steroid dienone is 1. The normalized spacial score (nSPS) is 10.9. The highest BCUT2D eigenvalue weighted by Crippen LogP contribution is 2.27. The van der Waals surface area contributed by atoms with Crippen molar-refractivity contribution in [2.75, 3.05) is 14.2 Å². The van der Waals surface area contributed by atoms with Crippen molar-refractivity contribution < 1.29 is 14.3 Å². The van der Waals surface area contributed by atoms with Crippen molar-refractivity contribution in [1.29, 1.82) is 0 Å². The average molecular weight is 286 g/mol. The van der Waals surface area contributed by atoms with Gasteiger partial charge < -0.3 is 9.47 Å². The van der Waals surface area contributed by atoms with Crippen LogP contribution in [0.2, 0.25) is 0 Å². The summed E-state index contributed by atoms with van der Waals surface area (Å²) < 4.78 is 12.1. The van der Waals surface area contributed by atoms with Crippen molar-refractivity contribution in [3.63, 3.8) is 0 Å². The Morgan fingerprint density at radius 1 is 1.19 bits per heavy atom. The molecule has 2 rings (SSSR count). The molecular formula is C16H18N2O3. The highest BCUT2D eigenvalue weighted by molar-refractivity contribution is 6.07. The smallest absolute Gasteiger partial charge is 0.186 e. The van der Waals surface area contributed by atoms with E-state index in [2.05, 4.69) is 5.10 Å². The number of carbonyl (C=O) groups is 1. The van der Waals surface area contributed by atoms with Crippen LogP contribution in [0.15, 0.2) is 30.3 Å². The van der Waals surface area contributed by atoms with E-state index in [1.165, 1.54) is 6.08 Å². The fourth-order valence-electron chi connectivity index (χ4n) is 1.92. The molecule has 110 valence electrons. The van der Waals surface area contributed by atoms with Crippen LogP contribution in [0.1, 0.15) is 21.7 Å². The number of hydrogen-bond acceptors (Lipinski definition) is 4. The van der Waals surface area contributed by atoms with Gasteiger partial charge in [0.15, 0.2) is 17.3 Å². The minimum Gasteiger partial charge on any atom is -0.493 e. The van der Waals surface area contributed by atoms with Gasteiger partial charge in [-0.1, -0.05) is 0 Å². The summed E-state index contributed by atoms with van der Waals surface area (Å²) in [6, 6.07) is 7.00. The SMILES string of the molecule is COc1ccc(C(=O)/C=C/c2cc(C)n(C)n2)cc1OC. The molecule has 0 atom stereocenters. The lowest BCUT2D eigenvalue weighted by molar-refractivity contribution is 0.104. The Morgan fingerprint density at radius 3 is 2.48 bits per heavy atom. The summed E-state index contributed by atoms with van der Waals surface area (Å²) in [6.45, 7) is 1.96. The standard InChI is InChI=1S/C16H18N2O3/c1-11-9-13(17-18(11)2)6-7-14(19)12-5-8-15(20-3)16(10-12)21-4/h5-10H,1-4H3/b7-6+.